The second-order valence-electron chi connectivity index (χ2n) is 2.82. The molecule has 0 N–H and O–H groups in total. The van der Waals surface area contributed by atoms with E-state index in [1.165, 1.54) is 13.2 Å². The number of hydrogen-bond acceptors (Lipinski definition) is 2. The van der Waals surface area contributed by atoms with Crippen LogP contribution in [0.25, 0.3) is 0 Å². The number of halogens is 2. The lowest BCUT2D eigenvalue weighted by atomic mass is 10.1. The van der Waals surface area contributed by atoms with Crippen molar-refractivity contribution in [2.75, 3.05) is 7.11 Å². The molecule has 1 aromatic carbocycles. The Kier molecular flexibility index (Phi) is 3.70. The first-order valence-electron chi connectivity index (χ1n) is 4.10. The van der Waals surface area contributed by atoms with Gasteiger partial charge >= 0.3 is 5.97 Å². The average molecular weight is 227 g/mol. The summed E-state index contributed by atoms with van der Waals surface area (Å²) in [4.78, 5) is 10.7. The van der Waals surface area contributed by atoms with E-state index >= 15 is 0 Å². The minimum absolute atomic E-state index is 0.127. The standard InChI is InChI=1S/C11H8ClFO2/c1-7-5-8(3-4-11(14)15-2)10(13)6-9(7)12/h5-6H,1-2H3. The average Bonchev–Trinajstić information content (AvgIpc) is 2.21. The summed E-state index contributed by atoms with van der Waals surface area (Å²) >= 11 is 5.70. The Balaban J connectivity index is 3.09. The minimum atomic E-state index is -0.706. The zero-order chi connectivity index (χ0) is 11.4. The molecule has 2 nitrogen and oxygen atoms in total. The van der Waals surface area contributed by atoms with Crippen LogP contribution in [-0.4, -0.2) is 13.1 Å². The number of benzene rings is 1. The Hall–Kier alpha value is -1.53. The number of methoxy groups -OCH3 is 1. The van der Waals surface area contributed by atoms with Crippen LogP contribution in [0.5, 0.6) is 0 Å². The van der Waals surface area contributed by atoms with E-state index in [4.69, 9.17) is 11.6 Å². The molecular formula is C11H8ClFO2. The maximum Gasteiger partial charge on any atom is 0.384 e. The molecule has 0 unspecified atom stereocenters. The molecule has 0 fully saturated rings. The summed E-state index contributed by atoms with van der Waals surface area (Å²) in [7, 11) is 1.21. The van der Waals surface area contributed by atoms with Crippen molar-refractivity contribution < 1.29 is 13.9 Å². The summed E-state index contributed by atoms with van der Waals surface area (Å²) in [6.07, 6.45) is 0. The number of esters is 1. The summed E-state index contributed by atoms with van der Waals surface area (Å²) in [5.74, 6) is 3.26. The summed E-state index contributed by atoms with van der Waals surface area (Å²) < 4.78 is 17.6. The van der Waals surface area contributed by atoms with Crippen LogP contribution in [0.2, 0.25) is 5.02 Å². The molecule has 0 aromatic heterocycles. The van der Waals surface area contributed by atoms with Crippen molar-refractivity contribution >= 4 is 17.6 Å². The van der Waals surface area contributed by atoms with Crippen LogP contribution in [0.4, 0.5) is 4.39 Å². The molecule has 78 valence electrons. The van der Waals surface area contributed by atoms with Crippen LogP contribution < -0.4 is 0 Å². The number of ether oxygens (including phenoxy) is 1. The van der Waals surface area contributed by atoms with Gasteiger partial charge in [-0.25, -0.2) is 9.18 Å². The first-order chi connectivity index (χ1) is 7.04. The molecule has 0 radical (unpaired) electrons. The van der Waals surface area contributed by atoms with Crippen LogP contribution in [-0.2, 0) is 9.53 Å². The van der Waals surface area contributed by atoms with Crippen molar-refractivity contribution in [1.29, 1.82) is 0 Å². The van der Waals surface area contributed by atoms with Gasteiger partial charge in [-0.1, -0.05) is 17.5 Å². The Morgan fingerprint density at radius 3 is 2.80 bits per heavy atom. The molecule has 0 aliphatic carbocycles. The SMILES string of the molecule is COC(=O)C#Cc1cc(C)c(Cl)cc1F. The molecular weight excluding hydrogens is 219 g/mol. The van der Waals surface area contributed by atoms with E-state index < -0.39 is 11.8 Å². The lowest BCUT2D eigenvalue weighted by molar-refractivity contribution is -0.133. The fraction of sp³-hybridized carbons (Fsp3) is 0.182. The van der Waals surface area contributed by atoms with Gasteiger partial charge in [0.15, 0.2) is 0 Å². The Labute approximate surface area is 92.0 Å². The van der Waals surface area contributed by atoms with Gasteiger partial charge in [0.1, 0.15) is 5.82 Å². The first kappa shape index (κ1) is 11.5. The third-order valence-electron chi connectivity index (χ3n) is 1.73. The van der Waals surface area contributed by atoms with Crippen LogP contribution in [0.15, 0.2) is 12.1 Å². The molecule has 0 saturated heterocycles. The second-order valence-corrected chi connectivity index (χ2v) is 3.23. The molecule has 0 aliphatic rings. The lowest BCUT2D eigenvalue weighted by Crippen LogP contribution is -1.95. The van der Waals surface area contributed by atoms with Gasteiger partial charge in [0.05, 0.1) is 12.7 Å². The van der Waals surface area contributed by atoms with Crippen LogP contribution in [0.1, 0.15) is 11.1 Å². The van der Waals surface area contributed by atoms with Crippen molar-refractivity contribution in [1.82, 2.24) is 0 Å². The largest absolute Gasteiger partial charge is 0.459 e. The van der Waals surface area contributed by atoms with E-state index in [1.807, 2.05) is 0 Å². The number of rotatable bonds is 0. The van der Waals surface area contributed by atoms with Crippen molar-refractivity contribution in [3.8, 4) is 11.8 Å². The van der Waals surface area contributed by atoms with Gasteiger partial charge in [0, 0.05) is 10.9 Å². The van der Waals surface area contributed by atoms with Gasteiger partial charge in [-0.15, -0.1) is 0 Å². The zero-order valence-electron chi connectivity index (χ0n) is 8.23. The molecule has 1 aromatic rings. The van der Waals surface area contributed by atoms with E-state index in [-0.39, 0.29) is 5.56 Å². The molecule has 15 heavy (non-hydrogen) atoms. The molecule has 0 spiro atoms. The van der Waals surface area contributed by atoms with Gasteiger partial charge in [-0.2, -0.15) is 0 Å². The molecule has 0 saturated carbocycles. The van der Waals surface area contributed by atoms with Crippen LogP contribution in [0.3, 0.4) is 0 Å². The van der Waals surface area contributed by atoms with E-state index in [2.05, 4.69) is 16.6 Å². The molecule has 0 aliphatic heterocycles. The molecule has 0 bridgehead atoms. The minimum Gasteiger partial charge on any atom is -0.459 e. The molecule has 1 rings (SSSR count). The monoisotopic (exact) mass is 226 g/mol. The second kappa shape index (κ2) is 4.81. The highest BCUT2D eigenvalue weighted by Gasteiger charge is 2.03. The first-order valence-corrected chi connectivity index (χ1v) is 4.48. The molecule has 0 atom stereocenters. The van der Waals surface area contributed by atoms with Crippen LogP contribution >= 0.6 is 11.6 Å². The van der Waals surface area contributed by atoms with E-state index in [0.717, 1.165) is 6.07 Å². The van der Waals surface area contributed by atoms with Gasteiger partial charge in [-0.05, 0) is 24.6 Å². The van der Waals surface area contributed by atoms with E-state index in [1.54, 1.807) is 6.92 Å². The van der Waals surface area contributed by atoms with Gasteiger partial charge in [-0.3, -0.25) is 0 Å². The Morgan fingerprint density at radius 1 is 1.53 bits per heavy atom. The van der Waals surface area contributed by atoms with E-state index in [9.17, 15) is 9.18 Å². The third-order valence-corrected chi connectivity index (χ3v) is 2.14. The Bertz CT molecular complexity index is 458. The summed E-state index contributed by atoms with van der Waals surface area (Å²) in [6.45, 7) is 1.73. The molecule has 0 heterocycles. The highest BCUT2D eigenvalue weighted by molar-refractivity contribution is 6.31. The van der Waals surface area contributed by atoms with Crippen molar-refractivity contribution in [2.24, 2.45) is 0 Å². The maximum atomic E-state index is 13.2. The Morgan fingerprint density at radius 2 is 2.20 bits per heavy atom. The zero-order valence-corrected chi connectivity index (χ0v) is 8.98. The highest BCUT2D eigenvalue weighted by Crippen LogP contribution is 2.19. The van der Waals surface area contributed by atoms with Crippen LogP contribution in [0, 0.1) is 24.6 Å². The van der Waals surface area contributed by atoms with Crippen molar-refractivity contribution in [2.45, 2.75) is 6.92 Å². The molecule has 4 heteroatoms. The van der Waals surface area contributed by atoms with Gasteiger partial charge in [0.2, 0.25) is 0 Å². The fourth-order valence-electron chi connectivity index (χ4n) is 0.922. The highest BCUT2D eigenvalue weighted by atomic mass is 35.5. The third kappa shape index (κ3) is 2.97. The maximum absolute atomic E-state index is 13.2. The topological polar surface area (TPSA) is 26.3 Å². The van der Waals surface area contributed by atoms with Gasteiger partial charge < -0.3 is 4.74 Å². The predicted molar refractivity (Wildman–Crippen MR) is 55.0 cm³/mol. The number of hydrogen-bond donors (Lipinski definition) is 0. The summed E-state index contributed by atoms with van der Waals surface area (Å²) in [6, 6.07) is 2.64. The van der Waals surface area contributed by atoms with Crippen molar-refractivity contribution in [3.63, 3.8) is 0 Å². The smallest absolute Gasteiger partial charge is 0.384 e. The quantitative estimate of drug-likeness (QED) is 0.501. The number of aryl methyl sites for hydroxylation is 1. The summed E-state index contributed by atoms with van der Waals surface area (Å²) in [5.41, 5.74) is 0.828. The van der Waals surface area contributed by atoms with Crippen molar-refractivity contribution in [3.05, 3.63) is 34.1 Å². The summed E-state index contributed by atoms with van der Waals surface area (Å²) in [5, 5.41) is 0.330. The van der Waals surface area contributed by atoms with Gasteiger partial charge in [0.25, 0.3) is 0 Å². The van der Waals surface area contributed by atoms with E-state index in [0.29, 0.717) is 10.6 Å². The molecule has 0 amide bonds. The predicted octanol–water partition coefficient (Wildman–Crippen LogP) is 2.31. The fourth-order valence-corrected chi connectivity index (χ4v) is 1.07. The number of carbonyl (C=O) groups excluding carboxylic acids is 1. The number of carbonyl (C=O) groups is 1. The normalized spacial score (nSPS) is 9.07. The lowest BCUT2D eigenvalue weighted by Gasteiger charge is -1.99.